The van der Waals surface area contributed by atoms with Crippen LogP contribution in [0.25, 0.3) is 0 Å². The highest BCUT2D eigenvalue weighted by atomic mass is 16.1. The van der Waals surface area contributed by atoms with Gasteiger partial charge in [0.05, 0.1) is 5.56 Å². The van der Waals surface area contributed by atoms with Gasteiger partial charge in [0.1, 0.15) is 0 Å². The quantitative estimate of drug-likeness (QED) is 0.861. The molecule has 1 aromatic carbocycles. The van der Waals surface area contributed by atoms with Crippen LogP contribution in [0.15, 0.2) is 48.8 Å². The average molecular weight is 241 g/mol. The fourth-order valence-corrected chi connectivity index (χ4v) is 1.66. The molecule has 0 bridgehead atoms. The summed E-state index contributed by atoms with van der Waals surface area (Å²) in [6, 6.07) is 11.2. The van der Waals surface area contributed by atoms with Crippen LogP contribution < -0.4 is 10.6 Å². The Bertz CT molecular complexity index is 526. The molecule has 2 aromatic rings. The molecule has 18 heavy (non-hydrogen) atoms. The van der Waals surface area contributed by atoms with E-state index in [1.807, 2.05) is 31.3 Å². The summed E-state index contributed by atoms with van der Waals surface area (Å²) < 4.78 is 0. The van der Waals surface area contributed by atoms with E-state index in [-0.39, 0.29) is 5.91 Å². The molecule has 1 aromatic heterocycles. The fraction of sp³-hybridized carbons (Fsp3) is 0.143. The number of carbonyl (C=O) groups excluding carboxylic acids is 1. The summed E-state index contributed by atoms with van der Waals surface area (Å²) in [5.41, 5.74) is 2.47. The van der Waals surface area contributed by atoms with Gasteiger partial charge in [0.2, 0.25) is 0 Å². The van der Waals surface area contributed by atoms with Crippen LogP contribution in [0.4, 0.5) is 5.69 Å². The van der Waals surface area contributed by atoms with Crippen LogP contribution in [0.5, 0.6) is 0 Å². The van der Waals surface area contributed by atoms with Crippen LogP contribution in [-0.4, -0.2) is 17.9 Å². The first-order chi connectivity index (χ1) is 8.79. The van der Waals surface area contributed by atoms with E-state index >= 15 is 0 Å². The number of hydrogen-bond acceptors (Lipinski definition) is 3. The monoisotopic (exact) mass is 241 g/mol. The molecule has 2 rings (SSSR count). The maximum atomic E-state index is 11.9. The highest BCUT2D eigenvalue weighted by Crippen LogP contribution is 2.11. The lowest BCUT2D eigenvalue weighted by Crippen LogP contribution is -2.12. The Balaban J connectivity index is 2.10. The minimum atomic E-state index is -0.148. The Labute approximate surface area is 106 Å². The van der Waals surface area contributed by atoms with Gasteiger partial charge >= 0.3 is 0 Å². The van der Waals surface area contributed by atoms with Gasteiger partial charge in [-0.25, -0.2) is 0 Å². The zero-order valence-corrected chi connectivity index (χ0v) is 10.2. The largest absolute Gasteiger partial charge is 0.322 e. The van der Waals surface area contributed by atoms with Crippen LogP contribution in [0.3, 0.4) is 0 Å². The van der Waals surface area contributed by atoms with E-state index in [0.717, 1.165) is 17.8 Å². The Morgan fingerprint density at radius 1 is 1.28 bits per heavy atom. The maximum Gasteiger partial charge on any atom is 0.257 e. The molecule has 2 N–H and O–H groups in total. The first-order valence-corrected chi connectivity index (χ1v) is 5.74. The van der Waals surface area contributed by atoms with Crippen LogP contribution in [0, 0.1) is 0 Å². The second kappa shape index (κ2) is 5.93. The molecule has 0 aliphatic carbocycles. The predicted molar refractivity (Wildman–Crippen MR) is 71.4 cm³/mol. The SMILES string of the molecule is CNCc1cccc(NC(=O)c2cccnc2)c1. The Kier molecular flexibility index (Phi) is 4.04. The molecular weight excluding hydrogens is 226 g/mol. The van der Waals surface area contributed by atoms with Crippen LogP contribution >= 0.6 is 0 Å². The number of pyridine rings is 1. The number of nitrogens with one attached hydrogen (secondary N) is 2. The third kappa shape index (κ3) is 3.15. The minimum absolute atomic E-state index is 0.148. The lowest BCUT2D eigenvalue weighted by Gasteiger charge is -2.07. The van der Waals surface area contributed by atoms with Crippen LogP contribution in [-0.2, 0) is 6.54 Å². The van der Waals surface area contributed by atoms with Crippen molar-refractivity contribution in [2.24, 2.45) is 0 Å². The Morgan fingerprint density at radius 3 is 2.89 bits per heavy atom. The normalized spacial score (nSPS) is 10.1. The molecule has 1 amide bonds. The Hall–Kier alpha value is -2.20. The fourth-order valence-electron chi connectivity index (χ4n) is 1.66. The molecule has 0 spiro atoms. The van der Waals surface area contributed by atoms with Gasteiger partial charge in [-0.2, -0.15) is 0 Å². The number of hydrogen-bond donors (Lipinski definition) is 2. The molecule has 4 nitrogen and oxygen atoms in total. The molecule has 0 aliphatic rings. The second-order valence-electron chi connectivity index (χ2n) is 3.93. The molecule has 0 aliphatic heterocycles. The van der Waals surface area contributed by atoms with Crippen LogP contribution in [0.1, 0.15) is 15.9 Å². The summed E-state index contributed by atoms with van der Waals surface area (Å²) in [6.07, 6.45) is 3.19. The number of amides is 1. The second-order valence-corrected chi connectivity index (χ2v) is 3.93. The molecule has 1 heterocycles. The van der Waals surface area contributed by atoms with Crippen molar-refractivity contribution in [1.82, 2.24) is 10.3 Å². The highest BCUT2D eigenvalue weighted by molar-refractivity contribution is 6.04. The van der Waals surface area contributed by atoms with Crippen molar-refractivity contribution in [2.45, 2.75) is 6.54 Å². The van der Waals surface area contributed by atoms with Gasteiger partial charge in [-0.05, 0) is 36.9 Å². The van der Waals surface area contributed by atoms with Crippen molar-refractivity contribution in [3.8, 4) is 0 Å². The Morgan fingerprint density at radius 2 is 2.17 bits per heavy atom. The van der Waals surface area contributed by atoms with Gasteiger partial charge in [-0.1, -0.05) is 12.1 Å². The van der Waals surface area contributed by atoms with E-state index in [4.69, 9.17) is 0 Å². The van der Waals surface area contributed by atoms with Gasteiger partial charge < -0.3 is 10.6 Å². The summed E-state index contributed by atoms with van der Waals surface area (Å²) in [5.74, 6) is -0.148. The van der Waals surface area contributed by atoms with E-state index in [0.29, 0.717) is 5.56 Å². The topological polar surface area (TPSA) is 54.0 Å². The molecule has 0 atom stereocenters. The van der Waals surface area contributed by atoms with Crippen molar-refractivity contribution < 1.29 is 4.79 Å². The maximum absolute atomic E-state index is 11.9. The standard InChI is InChI=1S/C14H15N3O/c1-15-9-11-4-2-6-13(8-11)17-14(18)12-5-3-7-16-10-12/h2-8,10,15H,9H2,1H3,(H,17,18). The average Bonchev–Trinajstić information content (AvgIpc) is 2.40. The number of rotatable bonds is 4. The van der Waals surface area contributed by atoms with Crippen molar-refractivity contribution in [1.29, 1.82) is 0 Å². The zero-order valence-electron chi connectivity index (χ0n) is 10.2. The van der Waals surface area contributed by atoms with E-state index in [2.05, 4.69) is 15.6 Å². The number of benzene rings is 1. The number of carbonyl (C=O) groups is 1. The summed E-state index contributed by atoms with van der Waals surface area (Å²) in [6.45, 7) is 0.774. The van der Waals surface area contributed by atoms with E-state index in [9.17, 15) is 4.79 Å². The third-order valence-electron chi connectivity index (χ3n) is 2.49. The van der Waals surface area contributed by atoms with Crippen LogP contribution in [0.2, 0.25) is 0 Å². The number of anilines is 1. The third-order valence-corrected chi connectivity index (χ3v) is 2.49. The van der Waals surface area contributed by atoms with E-state index in [1.54, 1.807) is 24.5 Å². The van der Waals surface area contributed by atoms with Gasteiger partial charge in [-0.3, -0.25) is 9.78 Å². The van der Waals surface area contributed by atoms with Crippen molar-refractivity contribution in [2.75, 3.05) is 12.4 Å². The molecule has 0 unspecified atom stereocenters. The highest BCUT2D eigenvalue weighted by Gasteiger charge is 2.05. The molecule has 92 valence electrons. The minimum Gasteiger partial charge on any atom is -0.322 e. The predicted octanol–water partition coefficient (Wildman–Crippen LogP) is 2.05. The summed E-state index contributed by atoms with van der Waals surface area (Å²) in [7, 11) is 1.89. The first kappa shape index (κ1) is 12.3. The summed E-state index contributed by atoms with van der Waals surface area (Å²) in [4.78, 5) is 15.8. The number of aromatic nitrogens is 1. The zero-order chi connectivity index (χ0) is 12.8. The summed E-state index contributed by atoms with van der Waals surface area (Å²) in [5, 5.41) is 5.92. The molecule has 0 saturated carbocycles. The van der Waals surface area contributed by atoms with Crippen molar-refractivity contribution in [3.05, 3.63) is 59.9 Å². The molecule has 0 saturated heterocycles. The smallest absolute Gasteiger partial charge is 0.257 e. The first-order valence-electron chi connectivity index (χ1n) is 5.74. The summed E-state index contributed by atoms with van der Waals surface area (Å²) >= 11 is 0. The molecular formula is C14H15N3O. The van der Waals surface area contributed by atoms with E-state index < -0.39 is 0 Å². The molecule has 4 heteroatoms. The molecule has 0 radical (unpaired) electrons. The van der Waals surface area contributed by atoms with Gasteiger partial charge in [-0.15, -0.1) is 0 Å². The van der Waals surface area contributed by atoms with E-state index in [1.165, 1.54) is 0 Å². The lowest BCUT2D eigenvalue weighted by molar-refractivity contribution is 0.102. The van der Waals surface area contributed by atoms with Crippen molar-refractivity contribution >= 4 is 11.6 Å². The lowest BCUT2D eigenvalue weighted by atomic mass is 10.2. The van der Waals surface area contributed by atoms with Gasteiger partial charge in [0.25, 0.3) is 5.91 Å². The number of nitrogens with zero attached hydrogens (tertiary/aromatic N) is 1. The van der Waals surface area contributed by atoms with Crippen molar-refractivity contribution in [3.63, 3.8) is 0 Å². The van der Waals surface area contributed by atoms with Gasteiger partial charge in [0, 0.05) is 24.6 Å². The molecule has 0 fully saturated rings. The van der Waals surface area contributed by atoms with Gasteiger partial charge in [0.15, 0.2) is 0 Å².